The third-order valence-corrected chi connectivity index (χ3v) is 7.86. The number of likely N-dealkylation sites (tertiary alicyclic amines) is 1. The molecule has 1 spiro atoms. The fourth-order valence-electron chi connectivity index (χ4n) is 5.90. The lowest BCUT2D eigenvalue weighted by Gasteiger charge is -2.29. The molecule has 0 radical (unpaired) electrons. The first-order valence-corrected chi connectivity index (χ1v) is 12.0. The van der Waals surface area contributed by atoms with Crippen LogP contribution in [0.1, 0.15) is 16.7 Å². The number of rotatable bonds is 4. The Morgan fingerprint density at radius 3 is 2.44 bits per heavy atom. The molecule has 36 heavy (non-hydrogen) atoms. The molecular formula is C27H22ClN3O5. The van der Waals surface area contributed by atoms with Crippen LogP contribution in [0.3, 0.4) is 0 Å². The Labute approximate surface area is 211 Å². The highest BCUT2D eigenvalue weighted by Crippen LogP contribution is 2.53. The Bertz CT molecular complexity index is 1440. The summed E-state index contributed by atoms with van der Waals surface area (Å²) in [6.07, 6.45) is 0.255. The van der Waals surface area contributed by atoms with Crippen molar-refractivity contribution in [1.29, 1.82) is 0 Å². The maximum absolute atomic E-state index is 13.9. The van der Waals surface area contributed by atoms with Gasteiger partial charge in [0.25, 0.3) is 0 Å². The Morgan fingerprint density at radius 1 is 0.917 bits per heavy atom. The smallest absolute Gasteiger partial charge is 0.250 e. The molecule has 3 aromatic rings. The lowest BCUT2D eigenvalue weighted by atomic mass is 9.76. The molecule has 6 rings (SSSR count). The third kappa shape index (κ3) is 3.14. The number of hydrogen-bond acceptors (Lipinski definition) is 6. The van der Waals surface area contributed by atoms with Crippen molar-refractivity contribution < 1.29 is 24.6 Å². The Hall–Kier alpha value is -3.88. The summed E-state index contributed by atoms with van der Waals surface area (Å²) >= 11 is 6.32. The number of para-hydroxylation sites is 1. The number of nitrogens with one attached hydrogen (secondary N) is 2. The summed E-state index contributed by atoms with van der Waals surface area (Å²) in [5.74, 6) is -3.49. The molecule has 3 aliphatic heterocycles. The molecule has 8 nitrogen and oxygen atoms in total. The number of nitrogens with zero attached hydrogens (tertiary/aromatic N) is 1. The van der Waals surface area contributed by atoms with Gasteiger partial charge in [-0.05, 0) is 41.8 Å². The van der Waals surface area contributed by atoms with Gasteiger partial charge >= 0.3 is 0 Å². The van der Waals surface area contributed by atoms with Crippen LogP contribution >= 0.6 is 11.6 Å². The summed E-state index contributed by atoms with van der Waals surface area (Å²) in [6, 6.07) is 18.0. The van der Waals surface area contributed by atoms with E-state index in [0.717, 1.165) is 0 Å². The van der Waals surface area contributed by atoms with E-state index >= 15 is 0 Å². The molecule has 2 unspecified atom stereocenters. The first kappa shape index (κ1) is 22.6. The van der Waals surface area contributed by atoms with Gasteiger partial charge in [0.1, 0.15) is 5.54 Å². The second kappa shape index (κ2) is 8.08. The van der Waals surface area contributed by atoms with Crippen molar-refractivity contribution in [3.05, 3.63) is 88.4 Å². The van der Waals surface area contributed by atoms with Gasteiger partial charge in [-0.15, -0.1) is 0 Å². The van der Waals surface area contributed by atoms with E-state index < -0.39 is 29.3 Å². The number of benzene rings is 3. The van der Waals surface area contributed by atoms with Gasteiger partial charge in [0.15, 0.2) is 11.5 Å². The van der Waals surface area contributed by atoms with Crippen LogP contribution in [0.15, 0.2) is 66.7 Å². The normalized spacial score (nSPS) is 26.4. The van der Waals surface area contributed by atoms with Gasteiger partial charge in [-0.2, -0.15) is 0 Å². The van der Waals surface area contributed by atoms with Crippen LogP contribution in [0.4, 0.5) is 5.69 Å². The molecule has 3 amide bonds. The predicted molar refractivity (Wildman–Crippen MR) is 131 cm³/mol. The van der Waals surface area contributed by atoms with Crippen molar-refractivity contribution >= 4 is 35.0 Å². The number of aromatic hydroxyl groups is 2. The number of anilines is 1. The van der Waals surface area contributed by atoms with Gasteiger partial charge < -0.3 is 15.5 Å². The molecular weight excluding hydrogens is 482 g/mol. The number of fused-ring (bicyclic) bond motifs is 4. The van der Waals surface area contributed by atoms with Gasteiger partial charge in [-0.1, -0.05) is 54.1 Å². The minimum atomic E-state index is -1.41. The van der Waals surface area contributed by atoms with Crippen LogP contribution < -0.4 is 10.6 Å². The zero-order valence-electron chi connectivity index (χ0n) is 18.9. The highest BCUT2D eigenvalue weighted by molar-refractivity contribution is 6.31. The zero-order chi connectivity index (χ0) is 25.2. The average molecular weight is 504 g/mol. The molecule has 3 heterocycles. The average Bonchev–Trinajstić information content (AvgIpc) is 3.43. The number of phenolic OH excluding ortho intramolecular Hbond substituents is 2. The molecule has 3 aliphatic rings. The molecule has 0 aromatic heterocycles. The second-order valence-electron chi connectivity index (χ2n) is 9.44. The molecule has 2 fully saturated rings. The zero-order valence-corrected chi connectivity index (χ0v) is 19.7. The fraction of sp³-hybridized carbons (Fsp3) is 0.222. The van der Waals surface area contributed by atoms with Crippen LogP contribution in [0.2, 0.25) is 5.02 Å². The van der Waals surface area contributed by atoms with Gasteiger partial charge in [0.05, 0.1) is 18.4 Å². The molecule has 9 heteroatoms. The highest BCUT2D eigenvalue weighted by Gasteiger charge is 2.70. The van der Waals surface area contributed by atoms with Crippen LogP contribution in [-0.2, 0) is 32.9 Å². The molecule has 0 bridgehead atoms. The molecule has 4 atom stereocenters. The summed E-state index contributed by atoms with van der Waals surface area (Å²) in [7, 11) is 0. The monoisotopic (exact) mass is 503 g/mol. The van der Waals surface area contributed by atoms with Crippen molar-refractivity contribution in [3.8, 4) is 11.5 Å². The van der Waals surface area contributed by atoms with E-state index in [1.165, 1.54) is 17.0 Å². The Morgan fingerprint density at radius 2 is 1.67 bits per heavy atom. The van der Waals surface area contributed by atoms with Crippen molar-refractivity contribution in [2.75, 3.05) is 5.32 Å². The third-order valence-electron chi connectivity index (χ3n) is 7.50. The van der Waals surface area contributed by atoms with Crippen LogP contribution in [0.5, 0.6) is 11.5 Å². The van der Waals surface area contributed by atoms with E-state index in [9.17, 15) is 24.6 Å². The Kier molecular flexibility index (Phi) is 5.07. The molecule has 182 valence electrons. The number of halogens is 1. The summed E-state index contributed by atoms with van der Waals surface area (Å²) < 4.78 is 0. The van der Waals surface area contributed by atoms with Gasteiger partial charge in [-0.3, -0.25) is 24.6 Å². The van der Waals surface area contributed by atoms with Crippen molar-refractivity contribution in [2.45, 2.75) is 24.5 Å². The number of carbonyl (C=O) groups is 3. The van der Waals surface area contributed by atoms with Gasteiger partial charge in [0, 0.05) is 22.3 Å². The van der Waals surface area contributed by atoms with Crippen molar-refractivity contribution in [3.63, 3.8) is 0 Å². The van der Waals surface area contributed by atoms with E-state index in [1.807, 2.05) is 0 Å². The maximum atomic E-state index is 13.9. The highest BCUT2D eigenvalue weighted by atomic mass is 35.5. The van der Waals surface area contributed by atoms with E-state index in [0.29, 0.717) is 27.4 Å². The van der Waals surface area contributed by atoms with Gasteiger partial charge in [-0.25, -0.2) is 0 Å². The van der Waals surface area contributed by atoms with E-state index in [-0.39, 0.29) is 36.3 Å². The van der Waals surface area contributed by atoms with Crippen LogP contribution in [0, 0.1) is 11.8 Å². The van der Waals surface area contributed by atoms with E-state index in [4.69, 9.17) is 11.6 Å². The lowest BCUT2D eigenvalue weighted by Crippen LogP contribution is -2.53. The fourth-order valence-corrected chi connectivity index (χ4v) is 6.09. The predicted octanol–water partition coefficient (Wildman–Crippen LogP) is 2.91. The molecule has 0 saturated carbocycles. The summed E-state index contributed by atoms with van der Waals surface area (Å²) in [6.45, 7) is 0.0103. The van der Waals surface area contributed by atoms with Crippen molar-refractivity contribution in [2.24, 2.45) is 11.8 Å². The number of amides is 3. The van der Waals surface area contributed by atoms with E-state index in [1.54, 1.807) is 54.6 Å². The largest absolute Gasteiger partial charge is 0.504 e. The molecule has 4 N–H and O–H groups in total. The SMILES string of the molecule is O=C1[C@H]2C(Cc3ccc(O)c(O)c3)NC3(C(=O)Nc4ccccc43)[C@H]2C(=O)N1Cc1ccccc1Cl. The number of phenols is 2. The first-order chi connectivity index (χ1) is 17.3. The summed E-state index contributed by atoms with van der Waals surface area (Å²) in [5, 5.41) is 26.4. The molecule has 2 saturated heterocycles. The molecule has 0 aliphatic carbocycles. The minimum absolute atomic E-state index is 0.0103. The maximum Gasteiger partial charge on any atom is 0.250 e. The van der Waals surface area contributed by atoms with Crippen LogP contribution in [-0.4, -0.2) is 38.9 Å². The number of imide groups is 1. The number of hydrogen-bond donors (Lipinski definition) is 4. The lowest BCUT2D eigenvalue weighted by molar-refractivity contribution is -0.143. The minimum Gasteiger partial charge on any atom is -0.504 e. The quantitative estimate of drug-likeness (QED) is 0.321. The summed E-state index contributed by atoms with van der Waals surface area (Å²) in [4.78, 5) is 42.4. The van der Waals surface area contributed by atoms with Crippen molar-refractivity contribution in [1.82, 2.24) is 10.2 Å². The summed E-state index contributed by atoms with van der Waals surface area (Å²) in [5.41, 5.74) is 1.10. The molecule has 3 aromatic carbocycles. The van der Waals surface area contributed by atoms with Gasteiger partial charge in [0.2, 0.25) is 17.7 Å². The van der Waals surface area contributed by atoms with E-state index in [2.05, 4.69) is 10.6 Å². The standard InChI is InChI=1S/C27H22ClN3O5/c28-17-7-3-1-5-15(17)13-31-24(34)22-19(11-14-9-10-20(32)21(33)12-14)30-27(23(22)25(31)35)16-6-2-4-8-18(16)29-26(27)36/h1-10,12,19,22-23,30,32-33H,11,13H2,(H,29,36)/t19?,22-,23+,27?/m0/s1. The first-order valence-electron chi connectivity index (χ1n) is 11.6. The number of carbonyl (C=O) groups excluding carboxylic acids is 3. The van der Waals surface area contributed by atoms with Crippen LogP contribution in [0.25, 0.3) is 0 Å². The Balaban J connectivity index is 1.44. The topological polar surface area (TPSA) is 119 Å². The second-order valence-corrected chi connectivity index (χ2v) is 9.85.